The van der Waals surface area contributed by atoms with Crippen molar-refractivity contribution < 1.29 is 14.6 Å². The van der Waals surface area contributed by atoms with Gasteiger partial charge in [-0.2, -0.15) is 0 Å². The summed E-state index contributed by atoms with van der Waals surface area (Å²) in [5.74, 6) is -0.158. The van der Waals surface area contributed by atoms with Gasteiger partial charge in [-0.05, 0) is 73.8 Å². The Labute approximate surface area is 212 Å². The molecule has 3 aromatic rings. The van der Waals surface area contributed by atoms with Crippen LogP contribution in [0, 0.1) is 0 Å². The molecule has 2 N–H and O–H groups in total. The minimum absolute atomic E-state index is 0.121. The molecule has 0 bridgehead atoms. The van der Waals surface area contributed by atoms with Crippen molar-refractivity contribution in [3.63, 3.8) is 0 Å². The summed E-state index contributed by atoms with van der Waals surface area (Å²) in [7, 11) is 0. The number of benzene rings is 1. The number of pyridine rings is 2. The lowest BCUT2D eigenvalue weighted by molar-refractivity contribution is -0.172. The topological polar surface area (TPSA) is 93.5 Å². The number of hydrogen-bond donors (Lipinski definition) is 2. The molecule has 2 aromatic heterocycles. The van der Waals surface area contributed by atoms with Crippen LogP contribution in [0.1, 0.15) is 73.8 Å². The van der Waals surface area contributed by atoms with Crippen LogP contribution in [0.2, 0.25) is 0 Å². The highest BCUT2D eigenvalue weighted by atomic mass is 32.2. The van der Waals surface area contributed by atoms with Crippen LogP contribution in [0.4, 0.5) is 5.69 Å². The number of hydrogen-bond acceptors (Lipinski definition) is 7. The average molecular weight is 502 g/mol. The molecule has 0 radical (unpaired) electrons. The van der Waals surface area contributed by atoms with E-state index in [0.717, 1.165) is 27.7 Å². The van der Waals surface area contributed by atoms with E-state index in [2.05, 4.69) is 36.7 Å². The number of ether oxygens (including phenoxy) is 1. The summed E-state index contributed by atoms with van der Waals surface area (Å²) >= 11 is 1.73. The van der Waals surface area contributed by atoms with Crippen LogP contribution in [0.5, 0.6) is 0 Å². The Balaban J connectivity index is 1.51. The number of cyclic esters (lactones) is 1. The van der Waals surface area contributed by atoms with Crippen molar-refractivity contribution >= 4 is 40.4 Å². The van der Waals surface area contributed by atoms with E-state index in [1.54, 1.807) is 29.3 Å². The fraction of sp³-hybridized carbons (Fsp3) is 0.393. The molecule has 8 heteroatoms. The quantitative estimate of drug-likeness (QED) is 0.386. The number of fused-ring (bicyclic) bond motifs is 5. The fourth-order valence-electron chi connectivity index (χ4n) is 5.89. The van der Waals surface area contributed by atoms with Crippen LogP contribution in [0.15, 0.2) is 27.2 Å². The van der Waals surface area contributed by atoms with E-state index >= 15 is 0 Å². The molecule has 1 atom stereocenters. The average Bonchev–Trinajstić information content (AvgIpc) is 3.64. The lowest BCUT2D eigenvalue weighted by atomic mass is 9.86. The third-order valence-electron chi connectivity index (χ3n) is 7.88. The second-order valence-corrected chi connectivity index (χ2v) is 11.4. The van der Waals surface area contributed by atoms with Gasteiger partial charge < -0.3 is 19.7 Å². The number of carbonyl (C=O) groups is 1. The maximum Gasteiger partial charge on any atom is 0.343 e. The van der Waals surface area contributed by atoms with Gasteiger partial charge in [0.2, 0.25) is 0 Å². The van der Waals surface area contributed by atoms with Crippen LogP contribution in [-0.4, -0.2) is 26.7 Å². The number of aliphatic hydroxyl groups is 1. The van der Waals surface area contributed by atoms with Gasteiger partial charge in [-0.25, -0.2) is 9.78 Å². The predicted octanol–water partition coefficient (Wildman–Crippen LogP) is 4.85. The highest BCUT2D eigenvalue weighted by molar-refractivity contribution is 8.02. The number of nitrogens with one attached hydrogen (secondary N) is 1. The van der Waals surface area contributed by atoms with Gasteiger partial charge in [0.05, 0.1) is 34.7 Å². The minimum atomic E-state index is -1.82. The van der Waals surface area contributed by atoms with Crippen LogP contribution in [0.3, 0.4) is 0 Å². The van der Waals surface area contributed by atoms with E-state index in [1.807, 2.05) is 0 Å². The summed E-state index contributed by atoms with van der Waals surface area (Å²) in [6.07, 6.45) is 4.63. The smallest absolute Gasteiger partial charge is 0.343 e. The molecule has 1 fully saturated rings. The predicted molar refractivity (Wildman–Crippen MR) is 140 cm³/mol. The Kier molecular flexibility index (Phi) is 4.58. The molecule has 5 heterocycles. The van der Waals surface area contributed by atoms with Crippen molar-refractivity contribution in [2.45, 2.75) is 75.6 Å². The first-order valence-electron chi connectivity index (χ1n) is 12.6. The molecule has 7 rings (SSSR count). The molecule has 1 saturated carbocycles. The van der Waals surface area contributed by atoms with Crippen LogP contribution < -0.4 is 10.9 Å². The second-order valence-electron chi connectivity index (χ2n) is 10.5. The Morgan fingerprint density at radius 2 is 2.08 bits per heavy atom. The zero-order valence-corrected chi connectivity index (χ0v) is 21.3. The molecule has 1 aromatic carbocycles. The number of esters is 1. The number of thioether (sulfide) groups is 1. The van der Waals surface area contributed by atoms with Crippen molar-refractivity contribution in [2.24, 2.45) is 0 Å². The maximum absolute atomic E-state index is 13.6. The third kappa shape index (κ3) is 2.88. The van der Waals surface area contributed by atoms with E-state index in [-0.39, 0.29) is 18.6 Å². The van der Waals surface area contributed by atoms with Crippen LogP contribution in [-0.2, 0) is 28.3 Å². The molecule has 0 amide bonds. The number of rotatable bonds is 4. The lowest BCUT2D eigenvalue weighted by Crippen LogP contribution is -2.44. The van der Waals surface area contributed by atoms with Crippen LogP contribution >= 0.6 is 11.8 Å². The number of aromatic nitrogens is 2. The van der Waals surface area contributed by atoms with Crippen LogP contribution in [0.25, 0.3) is 28.4 Å². The van der Waals surface area contributed by atoms with Gasteiger partial charge in [-0.1, -0.05) is 18.7 Å². The van der Waals surface area contributed by atoms with Gasteiger partial charge in [0.1, 0.15) is 6.61 Å². The Morgan fingerprint density at radius 3 is 2.81 bits per heavy atom. The molecule has 4 aliphatic rings. The summed E-state index contributed by atoms with van der Waals surface area (Å²) in [4.78, 5) is 32.4. The first-order valence-corrected chi connectivity index (χ1v) is 13.5. The summed E-state index contributed by atoms with van der Waals surface area (Å²) in [6.45, 7) is 6.32. The summed E-state index contributed by atoms with van der Waals surface area (Å²) in [5.41, 5.74) is 5.60. The molecule has 0 saturated heterocycles. The van der Waals surface area contributed by atoms with Gasteiger partial charge in [-0.3, -0.25) is 4.79 Å². The molecule has 3 aliphatic heterocycles. The molecule has 0 unspecified atom stereocenters. The largest absolute Gasteiger partial charge is 0.458 e. The van der Waals surface area contributed by atoms with Crippen molar-refractivity contribution in [1.29, 1.82) is 0 Å². The Hall–Kier alpha value is -3.10. The van der Waals surface area contributed by atoms with Crippen molar-refractivity contribution in [3.05, 3.63) is 55.7 Å². The van der Waals surface area contributed by atoms with E-state index < -0.39 is 11.6 Å². The van der Waals surface area contributed by atoms with E-state index in [4.69, 9.17) is 9.72 Å². The number of anilines is 1. The van der Waals surface area contributed by atoms with Gasteiger partial charge in [0.25, 0.3) is 5.56 Å². The highest BCUT2D eigenvalue weighted by Gasteiger charge is 2.45. The van der Waals surface area contributed by atoms with Gasteiger partial charge in [0, 0.05) is 27.5 Å². The van der Waals surface area contributed by atoms with E-state index in [9.17, 15) is 14.7 Å². The molecular formula is C28H27N3O4S. The highest BCUT2D eigenvalue weighted by Crippen LogP contribution is 2.52. The van der Waals surface area contributed by atoms with Crippen molar-refractivity contribution in [2.75, 3.05) is 5.32 Å². The molecule has 7 nitrogen and oxygen atoms in total. The van der Waals surface area contributed by atoms with Gasteiger partial charge in [-0.15, -0.1) is 0 Å². The monoisotopic (exact) mass is 501 g/mol. The Morgan fingerprint density at radius 1 is 1.28 bits per heavy atom. The summed E-state index contributed by atoms with van der Waals surface area (Å²) in [6, 6.07) is 4.32. The van der Waals surface area contributed by atoms with Gasteiger partial charge >= 0.3 is 5.97 Å². The first-order chi connectivity index (χ1) is 17.3. The lowest BCUT2D eigenvalue weighted by Gasteiger charge is -2.31. The van der Waals surface area contributed by atoms with E-state index in [1.165, 1.54) is 29.0 Å². The molecule has 184 valence electrons. The standard InChI is InChI=1S/C28H27N3O4S/c1-4-28(34)19-10-21-23-17(11-31(21)26(32)18(19)12-35-27(28)33)15-7-8-36-25-22(15)20(30-23)9-16(14-5-6-14)24(25)29-13(2)3/h7-10,13-14,29,34H,4-6,11-12H2,1-3H3/t28-/m0/s1. The zero-order chi connectivity index (χ0) is 24.9. The molecule has 36 heavy (non-hydrogen) atoms. The third-order valence-corrected chi connectivity index (χ3v) is 8.79. The fourth-order valence-corrected chi connectivity index (χ4v) is 6.85. The second kappa shape index (κ2) is 7.46. The SMILES string of the molecule is CC[C@@]1(O)C(=O)OCc2c1cc1n(c2=O)Cc2c-1nc1cc(C3CC3)c(NC(C)C)c3c1c2C=CS3. The molecular weight excluding hydrogens is 474 g/mol. The summed E-state index contributed by atoms with van der Waals surface area (Å²) in [5, 5.41) is 18.1. The van der Waals surface area contributed by atoms with Gasteiger partial charge in [0.15, 0.2) is 5.60 Å². The number of carbonyl (C=O) groups excluding carboxylic acids is 1. The molecule has 0 spiro atoms. The molecule has 1 aliphatic carbocycles. The number of nitrogens with zero attached hydrogens (tertiary/aromatic N) is 2. The van der Waals surface area contributed by atoms with E-state index in [0.29, 0.717) is 35.3 Å². The summed E-state index contributed by atoms with van der Waals surface area (Å²) < 4.78 is 6.92. The first kappa shape index (κ1) is 22.1. The minimum Gasteiger partial charge on any atom is -0.458 e. The maximum atomic E-state index is 13.6. The Bertz CT molecular complexity index is 1600. The zero-order valence-electron chi connectivity index (χ0n) is 20.5. The van der Waals surface area contributed by atoms with Crippen molar-refractivity contribution in [1.82, 2.24) is 9.55 Å². The van der Waals surface area contributed by atoms with Crippen molar-refractivity contribution in [3.8, 4) is 11.4 Å². The normalized spacial score (nSPS) is 21.4.